The third kappa shape index (κ3) is 6.11. The Labute approximate surface area is 234 Å². The van der Waals surface area contributed by atoms with Crippen molar-refractivity contribution in [3.63, 3.8) is 0 Å². The summed E-state index contributed by atoms with van der Waals surface area (Å²) in [6, 6.07) is 24.2. The fourth-order valence-electron chi connectivity index (χ4n) is 4.53. The van der Waals surface area contributed by atoms with Crippen LogP contribution in [0.3, 0.4) is 0 Å². The van der Waals surface area contributed by atoms with Gasteiger partial charge in [-0.3, -0.25) is 23.5 Å². The van der Waals surface area contributed by atoms with Gasteiger partial charge in [0.2, 0.25) is 5.91 Å². The van der Waals surface area contributed by atoms with Crippen LogP contribution >= 0.6 is 0 Å². The number of hydrogen-bond acceptors (Lipinski definition) is 6. The van der Waals surface area contributed by atoms with Crippen molar-refractivity contribution >= 4 is 22.7 Å². The molecule has 10 heteroatoms. The highest BCUT2D eigenvalue weighted by Crippen LogP contribution is 2.17. The van der Waals surface area contributed by atoms with Gasteiger partial charge in [0.25, 0.3) is 11.5 Å². The van der Waals surface area contributed by atoms with Crippen LogP contribution in [0, 0.1) is 0 Å². The second kappa shape index (κ2) is 12.2. The molecule has 0 radical (unpaired) electrons. The third-order valence-corrected chi connectivity index (χ3v) is 6.66. The van der Waals surface area contributed by atoms with E-state index in [1.54, 1.807) is 67.8 Å². The Bertz CT molecular complexity index is 1800. The van der Waals surface area contributed by atoms with Crippen LogP contribution in [0.1, 0.15) is 27.2 Å². The predicted molar refractivity (Wildman–Crippen MR) is 153 cm³/mol. The number of aromatic nitrogens is 2. The standard InChI is InChI=1S/C31H28N4O6/c1-40-27-11-5-2-7-23(27)17-33-29(37)22-14-12-21(13-15-22)19-35-30(38)25-9-3-4-10-26(25)34(31(35)39)20-28(36)32-18-24-8-6-16-41-24/h2-16H,17-20H2,1H3,(H,32,36)(H,33,37). The van der Waals surface area contributed by atoms with Crippen LogP contribution in [-0.2, 0) is 31.0 Å². The van der Waals surface area contributed by atoms with E-state index in [9.17, 15) is 19.2 Å². The number of hydrogen-bond donors (Lipinski definition) is 2. The zero-order valence-electron chi connectivity index (χ0n) is 22.3. The summed E-state index contributed by atoms with van der Waals surface area (Å²) in [5.41, 5.74) is 1.22. The fraction of sp³-hybridized carbons (Fsp3) is 0.161. The van der Waals surface area contributed by atoms with Gasteiger partial charge in [-0.15, -0.1) is 0 Å². The van der Waals surface area contributed by atoms with Gasteiger partial charge in [-0.2, -0.15) is 0 Å². The Kier molecular flexibility index (Phi) is 8.10. The van der Waals surface area contributed by atoms with E-state index in [1.165, 1.54) is 10.8 Å². The molecule has 0 bridgehead atoms. The number of methoxy groups -OCH3 is 1. The molecular weight excluding hydrogens is 524 g/mol. The van der Waals surface area contributed by atoms with Gasteiger partial charge >= 0.3 is 5.69 Å². The largest absolute Gasteiger partial charge is 0.496 e. The molecule has 2 N–H and O–H groups in total. The average Bonchev–Trinajstić information content (AvgIpc) is 3.53. The summed E-state index contributed by atoms with van der Waals surface area (Å²) >= 11 is 0. The summed E-state index contributed by atoms with van der Waals surface area (Å²) in [6.07, 6.45) is 1.51. The fourth-order valence-corrected chi connectivity index (χ4v) is 4.53. The van der Waals surface area contributed by atoms with Gasteiger partial charge in [0.1, 0.15) is 18.1 Å². The van der Waals surface area contributed by atoms with Crippen LogP contribution in [0.4, 0.5) is 0 Å². The Morgan fingerprint density at radius 2 is 1.59 bits per heavy atom. The number of ether oxygens (including phenoxy) is 1. The number of carbonyl (C=O) groups is 2. The SMILES string of the molecule is COc1ccccc1CNC(=O)c1ccc(Cn2c(=O)c3ccccc3n(CC(=O)NCc3ccco3)c2=O)cc1. The third-order valence-electron chi connectivity index (χ3n) is 6.66. The minimum absolute atomic E-state index is 0.0281. The molecule has 0 aliphatic rings. The van der Waals surface area contributed by atoms with Crippen molar-refractivity contribution in [1.82, 2.24) is 19.8 Å². The number of furan rings is 1. The molecular formula is C31H28N4O6. The summed E-state index contributed by atoms with van der Waals surface area (Å²) in [4.78, 5) is 52.2. The highest BCUT2D eigenvalue weighted by molar-refractivity contribution is 5.94. The topological polar surface area (TPSA) is 125 Å². The Morgan fingerprint density at radius 3 is 2.34 bits per heavy atom. The van der Waals surface area contributed by atoms with Gasteiger partial charge < -0.3 is 19.8 Å². The maximum Gasteiger partial charge on any atom is 0.332 e. The summed E-state index contributed by atoms with van der Waals surface area (Å²) in [5.74, 6) is 0.595. The van der Waals surface area contributed by atoms with Gasteiger partial charge in [-0.1, -0.05) is 42.5 Å². The predicted octanol–water partition coefficient (Wildman–Crippen LogP) is 3.06. The lowest BCUT2D eigenvalue weighted by molar-refractivity contribution is -0.121. The van der Waals surface area contributed by atoms with Crippen molar-refractivity contribution in [3.05, 3.63) is 134 Å². The maximum atomic E-state index is 13.5. The van der Waals surface area contributed by atoms with E-state index in [0.717, 1.165) is 10.1 Å². The number of rotatable bonds is 10. The maximum absolute atomic E-state index is 13.5. The van der Waals surface area contributed by atoms with Crippen LogP contribution in [0.5, 0.6) is 5.75 Å². The monoisotopic (exact) mass is 552 g/mol. The van der Waals surface area contributed by atoms with Gasteiger partial charge in [-0.25, -0.2) is 4.79 Å². The van der Waals surface area contributed by atoms with Gasteiger partial charge in [0, 0.05) is 17.7 Å². The second-order valence-electron chi connectivity index (χ2n) is 9.32. The number of fused-ring (bicyclic) bond motifs is 1. The second-order valence-corrected chi connectivity index (χ2v) is 9.32. The van der Waals surface area contributed by atoms with Crippen molar-refractivity contribution in [2.45, 2.75) is 26.2 Å². The summed E-state index contributed by atoms with van der Waals surface area (Å²) in [7, 11) is 1.58. The molecule has 0 atom stereocenters. The number of benzene rings is 3. The van der Waals surface area contributed by atoms with E-state index in [0.29, 0.717) is 40.1 Å². The molecule has 0 unspecified atom stereocenters. The first-order valence-electron chi connectivity index (χ1n) is 12.9. The zero-order chi connectivity index (χ0) is 28.8. The zero-order valence-corrected chi connectivity index (χ0v) is 22.3. The molecule has 5 aromatic rings. The number of amides is 2. The van der Waals surface area contributed by atoms with Crippen molar-refractivity contribution < 1.29 is 18.7 Å². The lowest BCUT2D eigenvalue weighted by Gasteiger charge is -2.14. The first-order valence-corrected chi connectivity index (χ1v) is 12.9. The summed E-state index contributed by atoms with van der Waals surface area (Å²) < 4.78 is 12.9. The van der Waals surface area contributed by atoms with Crippen LogP contribution in [0.15, 0.2) is 105 Å². The van der Waals surface area contributed by atoms with Gasteiger partial charge in [0.15, 0.2) is 0 Å². The average molecular weight is 553 g/mol. The molecule has 2 amide bonds. The van der Waals surface area contributed by atoms with Crippen LogP contribution in [0.25, 0.3) is 10.9 Å². The number of para-hydroxylation sites is 2. The van der Waals surface area contributed by atoms with Crippen molar-refractivity contribution in [2.75, 3.05) is 7.11 Å². The highest BCUT2D eigenvalue weighted by Gasteiger charge is 2.16. The Balaban J connectivity index is 1.34. The molecule has 0 aliphatic carbocycles. The molecule has 10 nitrogen and oxygen atoms in total. The Morgan fingerprint density at radius 1 is 0.829 bits per heavy atom. The molecule has 208 valence electrons. The molecule has 2 aromatic heterocycles. The van der Waals surface area contributed by atoms with Gasteiger partial charge in [-0.05, 0) is 48.0 Å². The number of carbonyl (C=O) groups excluding carboxylic acids is 2. The Hall–Kier alpha value is -5.38. The molecule has 3 aromatic carbocycles. The van der Waals surface area contributed by atoms with Crippen molar-refractivity contribution in [3.8, 4) is 5.75 Å². The minimum Gasteiger partial charge on any atom is -0.496 e. The molecule has 41 heavy (non-hydrogen) atoms. The first-order chi connectivity index (χ1) is 19.9. The van der Waals surface area contributed by atoms with E-state index in [1.807, 2.05) is 24.3 Å². The van der Waals surface area contributed by atoms with E-state index in [-0.39, 0.29) is 25.5 Å². The first kappa shape index (κ1) is 27.2. The summed E-state index contributed by atoms with van der Waals surface area (Å²) in [5, 5.41) is 5.92. The van der Waals surface area contributed by atoms with Crippen LogP contribution in [-0.4, -0.2) is 28.1 Å². The molecule has 2 heterocycles. The number of nitrogens with one attached hydrogen (secondary N) is 2. The summed E-state index contributed by atoms with van der Waals surface area (Å²) in [6.45, 7) is 0.175. The lowest BCUT2D eigenvalue weighted by Crippen LogP contribution is -2.42. The molecule has 0 aliphatic heterocycles. The van der Waals surface area contributed by atoms with Crippen molar-refractivity contribution in [1.29, 1.82) is 0 Å². The molecule has 0 saturated heterocycles. The molecule has 0 saturated carbocycles. The smallest absolute Gasteiger partial charge is 0.332 e. The number of nitrogens with zero attached hydrogens (tertiary/aromatic N) is 2. The van der Waals surface area contributed by atoms with E-state index in [4.69, 9.17) is 9.15 Å². The van der Waals surface area contributed by atoms with Crippen molar-refractivity contribution in [2.24, 2.45) is 0 Å². The van der Waals surface area contributed by atoms with Crippen LogP contribution in [0.2, 0.25) is 0 Å². The lowest BCUT2D eigenvalue weighted by atomic mass is 10.1. The van der Waals surface area contributed by atoms with Crippen LogP contribution < -0.4 is 26.6 Å². The van der Waals surface area contributed by atoms with E-state index >= 15 is 0 Å². The molecule has 0 spiro atoms. The quantitative estimate of drug-likeness (QED) is 0.274. The highest BCUT2D eigenvalue weighted by atomic mass is 16.5. The van der Waals surface area contributed by atoms with E-state index < -0.39 is 17.2 Å². The van der Waals surface area contributed by atoms with Gasteiger partial charge in [0.05, 0.1) is 37.4 Å². The van der Waals surface area contributed by atoms with E-state index in [2.05, 4.69) is 10.6 Å². The minimum atomic E-state index is -0.611. The normalized spacial score (nSPS) is 10.9. The molecule has 5 rings (SSSR count). The molecule has 0 fully saturated rings.